The molecule has 1 unspecified atom stereocenters. The zero-order valence-electron chi connectivity index (χ0n) is 14.3. The van der Waals surface area contributed by atoms with Gasteiger partial charge in [0.1, 0.15) is 11.0 Å². The van der Waals surface area contributed by atoms with E-state index in [1.54, 1.807) is 0 Å². The van der Waals surface area contributed by atoms with Crippen molar-refractivity contribution in [3.63, 3.8) is 0 Å². The van der Waals surface area contributed by atoms with Crippen LogP contribution in [0.2, 0.25) is 0 Å². The van der Waals surface area contributed by atoms with Gasteiger partial charge in [-0.2, -0.15) is 0 Å². The van der Waals surface area contributed by atoms with E-state index < -0.39 is 0 Å². The van der Waals surface area contributed by atoms with E-state index in [4.69, 9.17) is 4.63 Å². The normalized spacial score (nSPS) is 17.5. The van der Waals surface area contributed by atoms with Crippen LogP contribution in [0.5, 0.6) is 0 Å². The number of nitrogens with one attached hydrogen (secondary N) is 1. The molecule has 1 aliphatic heterocycles. The number of nitrogens with zero attached hydrogens (tertiary/aromatic N) is 4. The average Bonchev–Trinajstić information content (AvgIpc) is 3.34. The van der Waals surface area contributed by atoms with Crippen LogP contribution < -0.4 is 0 Å². The maximum atomic E-state index is 4.93. The largest absolute Gasteiger partial charge is 0.348 e. The van der Waals surface area contributed by atoms with Gasteiger partial charge in [-0.05, 0) is 33.9 Å². The molecule has 0 saturated heterocycles. The van der Waals surface area contributed by atoms with E-state index in [1.807, 2.05) is 18.5 Å². The highest BCUT2D eigenvalue weighted by molar-refractivity contribution is 5.76. The summed E-state index contributed by atoms with van der Waals surface area (Å²) < 4.78 is 4.93. The first kappa shape index (κ1) is 15.3. The molecule has 3 heterocycles. The molecule has 0 amide bonds. The van der Waals surface area contributed by atoms with Crippen molar-refractivity contribution >= 4 is 11.0 Å². The van der Waals surface area contributed by atoms with E-state index in [2.05, 4.69) is 61.6 Å². The highest BCUT2D eigenvalue weighted by Gasteiger charge is 2.30. The summed E-state index contributed by atoms with van der Waals surface area (Å²) in [6.45, 7) is 1.78. The monoisotopic (exact) mass is 345 g/mol. The van der Waals surface area contributed by atoms with Gasteiger partial charge in [0.2, 0.25) is 0 Å². The summed E-state index contributed by atoms with van der Waals surface area (Å²) in [4.78, 5) is 10.4. The van der Waals surface area contributed by atoms with Crippen molar-refractivity contribution in [1.82, 2.24) is 25.2 Å². The average molecular weight is 345 g/mol. The molecule has 2 aromatic heterocycles. The number of rotatable bonds is 4. The van der Waals surface area contributed by atoms with E-state index >= 15 is 0 Å². The molecule has 2 aromatic carbocycles. The lowest BCUT2D eigenvalue weighted by Gasteiger charge is -2.35. The molecule has 0 spiro atoms. The van der Waals surface area contributed by atoms with Gasteiger partial charge in [-0.25, -0.2) is 9.61 Å². The number of hydrogen-bond donors (Lipinski definition) is 1. The summed E-state index contributed by atoms with van der Waals surface area (Å²) in [5.41, 5.74) is 6.52. The first-order chi connectivity index (χ1) is 12.9. The topological polar surface area (TPSA) is 70.8 Å². The Morgan fingerprint density at radius 3 is 2.92 bits per heavy atom. The lowest BCUT2D eigenvalue weighted by molar-refractivity contribution is 0.171. The first-order valence-electron chi connectivity index (χ1n) is 8.89. The Bertz CT molecular complexity index is 1020. The van der Waals surface area contributed by atoms with Gasteiger partial charge < -0.3 is 4.98 Å². The molecule has 1 atom stereocenters. The molecule has 6 heteroatoms. The van der Waals surface area contributed by atoms with Crippen LogP contribution in [0.4, 0.5) is 0 Å². The maximum absolute atomic E-state index is 4.93. The number of hydrogen-bond acceptors (Lipinski definition) is 5. The summed E-state index contributed by atoms with van der Waals surface area (Å²) in [5, 5.41) is 8.06. The number of fused-ring (bicyclic) bond motifs is 2. The molecule has 0 fully saturated rings. The minimum atomic E-state index is 0.238. The van der Waals surface area contributed by atoms with Gasteiger partial charge in [-0.1, -0.05) is 42.5 Å². The van der Waals surface area contributed by atoms with Gasteiger partial charge >= 0.3 is 0 Å². The van der Waals surface area contributed by atoms with Gasteiger partial charge in [0.25, 0.3) is 0 Å². The molecule has 0 saturated carbocycles. The highest BCUT2D eigenvalue weighted by atomic mass is 16.6. The summed E-state index contributed by atoms with van der Waals surface area (Å²) in [6.07, 6.45) is 3.73. The van der Waals surface area contributed by atoms with Gasteiger partial charge in [0.05, 0.1) is 18.1 Å². The molecular weight excluding hydrogens is 326 g/mol. The van der Waals surface area contributed by atoms with E-state index in [0.29, 0.717) is 0 Å². The second kappa shape index (κ2) is 6.38. The summed E-state index contributed by atoms with van der Waals surface area (Å²) >= 11 is 0. The van der Waals surface area contributed by atoms with E-state index in [0.717, 1.165) is 48.2 Å². The van der Waals surface area contributed by atoms with E-state index in [-0.39, 0.29) is 6.04 Å². The summed E-state index contributed by atoms with van der Waals surface area (Å²) in [5.74, 6) is 0. The number of benzene rings is 2. The zero-order chi connectivity index (χ0) is 17.3. The van der Waals surface area contributed by atoms with Crippen LogP contribution >= 0.6 is 0 Å². The van der Waals surface area contributed by atoms with Crippen molar-refractivity contribution in [3.8, 4) is 0 Å². The molecule has 0 radical (unpaired) electrons. The van der Waals surface area contributed by atoms with Crippen molar-refractivity contribution in [2.24, 2.45) is 0 Å². The smallest absolute Gasteiger partial charge is 0.139 e. The van der Waals surface area contributed by atoms with Gasteiger partial charge in [0.15, 0.2) is 0 Å². The Morgan fingerprint density at radius 2 is 2.00 bits per heavy atom. The second-order valence-electron chi connectivity index (χ2n) is 6.74. The maximum Gasteiger partial charge on any atom is 0.139 e. The Hall–Kier alpha value is -2.99. The van der Waals surface area contributed by atoms with Crippen molar-refractivity contribution in [1.29, 1.82) is 0 Å². The molecule has 6 nitrogen and oxygen atoms in total. The molecule has 1 N–H and O–H groups in total. The fourth-order valence-electron chi connectivity index (χ4n) is 3.86. The predicted octanol–water partition coefficient (Wildman–Crippen LogP) is 3.29. The van der Waals surface area contributed by atoms with Crippen LogP contribution in [0.3, 0.4) is 0 Å². The predicted molar refractivity (Wildman–Crippen MR) is 97.4 cm³/mol. The summed E-state index contributed by atoms with van der Waals surface area (Å²) in [7, 11) is 0. The fourth-order valence-corrected chi connectivity index (χ4v) is 3.86. The standard InChI is InChI=1S/C20H19N5O/c1-2-5-14(6-3-1)11-18-20-16(21-13-22-20)9-10-25(18)12-15-7-4-8-17-19(15)24-26-23-17/h1-8,13,18H,9-12H2,(H,21,22). The Kier molecular flexibility index (Phi) is 3.75. The highest BCUT2D eigenvalue weighted by Crippen LogP contribution is 2.32. The van der Waals surface area contributed by atoms with Crippen LogP contribution in [0, 0.1) is 0 Å². The number of H-pyrrole nitrogens is 1. The van der Waals surface area contributed by atoms with Crippen LogP contribution in [0.25, 0.3) is 11.0 Å². The van der Waals surface area contributed by atoms with Crippen molar-refractivity contribution in [2.75, 3.05) is 6.54 Å². The van der Waals surface area contributed by atoms with Crippen molar-refractivity contribution in [3.05, 3.63) is 77.4 Å². The third-order valence-corrected chi connectivity index (χ3v) is 5.17. The van der Waals surface area contributed by atoms with Crippen molar-refractivity contribution in [2.45, 2.75) is 25.4 Å². The number of imidazole rings is 1. The van der Waals surface area contributed by atoms with Gasteiger partial charge in [-0.15, -0.1) is 0 Å². The quantitative estimate of drug-likeness (QED) is 0.614. The van der Waals surface area contributed by atoms with E-state index in [1.165, 1.54) is 11.3 Å². The Morgan fingerprint density at radius 1 is 1.08 bits per heavy atom. The second-order valence-corrected chi connectivity index (χ2v) is 6.74. The molecule has 1 aliphatic rings. The van der Waals surface area contributed by atoms with Crippen LogP contribution in [0.15, 0.2) is 59.5 Å². The van der Waals surface area contributed by atoms with E-state index in [9.17, 15) is 0 Å². The molecular formula is C20H19N5O. The molecule has 0 aliphatic carbocycles. The third-order valence-electron chi connectivity index (χ3n) is 5.17. The number of aromatic nitrogens is 4. The van der Waals surface area contributed by atoms with Crippen LogP contribution in [0.1, 0.15) is 28.6 Å². The lowest BCUT2D eigenvalue weighted by Crippen LogP contribution is -2.36. The number of aromatic amines is 1. The minimum Gasteiger partial charge on any atom is -0.348 e. The van der Waals surface area contributed by atoms with Gasteiger partial charge in [0, 0.05) is 25.2 Å². The molecule has 4 aromatic rings. The molecule has 130 valence electrons. The lowest BCUT2D eigenvalue weighted by atomic mass is 9.95. The molecule has 26 heavy (non-hydrogen) atoms. The summed E-state index contributed by atoms with van der Waals surface area (Å²) in [6, 6.07) is 16.9. The Balaban J connectivity index is 1.49. The fraction of sp³-hybridized carbons (Fsp3) is 0.250. The zero-order valence-corrected chi connectivity index (χ0v) is 14.3. The van der Waals surface area contributed by atoms with Gasteiger partial charge in [-0.3, -0.25) is 4.90 Å². The van der Waals surface area contributed by atoms with Crippen molar-refractivity contribution < 1.29 is 4.63 Å². The SMILES string of the molecule is c1ccc(CC2c3nc[nH]c3CCN2Cc2cccc3nonc23)cc1. The molecule has 5 rings (SSSR count). The van der Waals surface area contributed by atoms with Crippen LogP contribution in [-0.4, -0.2) is 31.7 Å². The first-order valence-corrected chi connectivity index (χ1v) is 8.89. The third kappa shape index (κ3) is 2.68. The van der Waals surface area contributed by atoms with Crippen LogP contribution in [-0.2, 0) is 19.4 Å². The molecule has 0 bridgehead atoms. The Labute approximate surface area is 150 Å². The minimum absolute atomic E-state index is 0.238.